The van der Waals surface area contributed by atoms with Crippen LogP contribution < -0.4 is 10.2 Å². The Labute approximate surface area is 190 Å². The van der Waals surface area contributed by atoms with Crippen LogP contribution >= 0.6 is 12.2 Å². The van der Waals surface area contributed by atoms with Crippen LogP contribution in [0.15, 0.2) is 84.0 Å². The molecule has 1 aliphatic rings. The molecule has 4 rings (SSSR count). The quantitative estimate of drug-likeness (QED) is 0.560. The van der Waals surface area contributed by atoms with E-state index in [2.05, 4.69) is 77.8 Å². The molecular weight excluding hydrogens is 400 g/mol. The van der Waals surface area contributed by atoms with Crippen LogP contribution in [0.3, 0.4) is 0 Å². The lowest BCUT2D eigenvalue weighted by atomic mass is 9.98. The summed E-state index contributed by atoms with van der Waals surface area (Å²) in [6, 6.07) is 27.6. The van der Waals surface area contributed by atoms with E-state index in [0.29, 0.717) is 11.7 Å². The summed E-state index contributed by atoms with van der Waals surface area (Å²) in [6.45, 7) is 2.79. The number of nitrogens with one attached hydrogen (secondary N) is 1. The summed E-state index contributed by atoms with van der Waals surface area (Å²) < 4.78 is 0. The van der Waals surface area contributed by atoms with Crippen LogP contribution in [0.25, 0.3) is 0 Å². The van der Waals surface area contributed by atoms with E-state index >= 15 is 0 Å². The predicted octanol–water partition coefficient (Wildman–Crippen LogP) is 5.29. The van der Waals surface area contributed by atoms with E-state index < -0.39 is 0 Å². The van der Waals surface area contributed by atoms with E-state index in [0.717, 1.165) is 17.7 Å². The van der Waals surface area contributed by atoms with Gasteiger partial charge in [0.1, 0.15) is 0 Å². The Hall–Kier alpha value is -3.18. The lowest BCUT2D eigenvalue weighted by Gasteiger charge is -2.25. The average Bonchev–Trinajstić information content (AvgIpc) is 3.24. The maximum Gasteiger partial charge on any atom is 0.190 e. The predicted molar refractivity (Wildman–Crippen MR) is 134 cm³/mol. The minimum absolute atomic E-state index is 0.0832. The maximum absolute atomic E-state index is 5.77. The van der Waals surface area contributed by atoms with Crippen molar-refractivity contribution < 1.29 is 0 Å². The van der Waals surface area contributed by atoms with Crippen molar-refractivity contribution >= 4 is 28.7 Å². The molecule has 0 aliphatic carbocycles. The fraction of sp³-hybridized carbons (Fsp3) is 0.231. The van der Waals surface area contributed by atoms with Gasteiger partial charge in [0, 0.05) is 32.7 Å². The summed E-state index contributed by atoms with van der Waals surface area (Å²) in [5.74, 6) is 0. The Morgan fingerprint density at radius 3 is 2.32 bits per heavy atom. The van der Waals surface area contributed by atoms with Gasteiger partial charge in [-0.3, -0.25) is 0 Å². The first-order valence-corrected chi connectivity index (χ1v) is 10.9. The van der Waals surface area contributed by atoms with E-state index in [1.54, 1.807) is 0 Å². The van der Waals surface area contributed by atoms with Crippen molar-refractivity contribution in [3.63, 3.8) is 0 Å². The van der Waals surface area contributed by atoms with Gasteiger partial charge in [0.2, 0.25) is 0 Å². The van der Waals surface area contributed by atoms with E-state index in [9.17, 15) is 0 Å². The summed E-state index contributed by atoms with van der Waals surface area (Å²) in [5.41, 5.74) is 7.03. The second kappa shape index (κ2) is 9.31. The molecule has 0 saturated carbocycles. The Kier molecular flexibility index (Phi) is 6.33. The minimum atomic E-state index is 0.0832. The zero-order valence-electron chi connectivity index (χ0n) is 18.2. The number of hydrazone groups is 1. The van der Waals surface area contributed by atoms with Gasteiger partial charge in [-0.2, -0.15) is 5.10 Å². The van der Waals surface area contributed by atoms with Crippen LogP contribution in [0, 0.1) is 6.92 Å². The molecule has 1 unspecified atom stereocenters. The van der Waals surface area contributed by atoms with Crippen molar-refractivity contribution in [3.8, 4) is 0 Å². The van der Waals surface area contributed by atoms with Crippen molar-refractivity contribution in [3.05, 3.63) is 101 Å². The molecule has 1 N–H and O–H groups in total. The zero-order valence-corrected chi connectivity index (χ0v) is 19.1. The molecule has 31 heavy (non-hydrogen) atoms. The summed E-state index contributed by atoms with van der Waals surface area (Å²) in [5, 5.41) is 11.0. The minimum Gasteiger partial charge on any atom is -0.378 e. The van der Waals surface area contributed by atoms with Gasteiger partial charge in [-0.05, 0) is 48.0 Å². The SMILES string of the molecule is Cc1ccc(C2CC(c3ccc(N(C)C)cc3)=NN2C(=S)NCc2ccccc2)cc1. The molecule has 0 amide bonds. The van der Waals surface area contributed by atoms with Crippen LogP contribution in [-0.4, -0.2) is 29.9 Å². The fourth-order valence-electron chi connectivity index (χ4n) is 3.73. The number of hydrogen-bond donors (Lipinski definition) is 1. The number of aryl methyl sites for hydroxylation is 1. The third-order valence-electron chi connectivity index (χ3n) is 5.58. The highest BCUT2D eigenvalue weighted by Gasteiger charge is 2.31. The van der Waals surface area contributed by atoms with E-state index in [-0.39, 0.29) is 6.04 Å². The maximum atomic E-state index is 5.77. The lowest BCUT2D eigenvalue weighted by Crippen LogP contribution is -2.36. The standard InChI is InChI=1S/C26H28N4S/c1-19-9-11-22(12-10-19)25-17-24(21-13-15-23(16-14-21)29(2)3)28-30(25)26(31)27-18-20-7-5-4-6-8-20/h4-16,25H,17-18H2,1-3H3,(H,27,31). The van der Waals surface area contributed by atoms with Crippen LogP contribution in [0.5, 0.6) is 0 Å². The Bertz CT molecular complexity index is 1060. The number of thiocarbonyl (C=S) groups is 1. The molecular formula is C26H28N4S. The van der Waals surface area contributed by atoms with Gasteiger partial charge in [-0.25, -0.2) is 5.01 Å². The van der Waals surface area contributed by atoms with Crippen molar-refractivity contribution in [2.24, 2.45) is 5.10 Å². The monoisotopic (exact) mass is 428 g/mol. The molecule has 158 valence electrons. The van der Waals surface area contributed by atoms with E-state index in [4.69, 9.17) is 17.3 Å². The van der Waals surface area contributed by atoms with Gasteiger partial charge in [-0.15, -0.1) is 0 Å². The summed E-state index contributed by atoms with van der Waals surface area (Å²) in [6.07, 6.45) is 0.817. The first kappa shape index (κ1) is 21.1. The third-order valence-corrected chi connectivity index (χ3v) is 5.92. The molecule has 3 aromatic rings. The Balaban J connectivity index is 1.58. The molecule has 1 heterocycles. The van der Waals surface area contributed by atoms with Crippen LogP contribution in [0.4, 0.5) is 5.69 Å². The molecule has 0 aromatic heterocycles. The topological polar surface area (TPSA) is 30.9 Å². The van der Waals surface area contributed by atoms with Gasteiger partial charge < -0.3 is 10.2 Å². The molecule has 0 spiro atoms. The van der Waals surface area contributed by atoms with Crippen molar-refractivity contribution in [2.75, 3.05) is 19.0 Å². The highest BCUT2D eigenvalue weighted by Crippen LogP contribution is 2.33. The Morgan fingerprint density at radius 2 is 1.68 bits per heavy atom. The number of benzene rings is 3. The lowest BCUT2D eigenvalue weighted by molar-refractivity contribution is 0.364. The van der Waals surface area contributed by atoms with Crippen LogP contribution in [-0.2, 0) is 6.54 Å². The van der Waals surface area contributed by atoms with Gasteiger partial charge in [0.15, 0.2) is 5.11 Å². The highest BCUT2D eigenvalue weighted by molar-refractivity contribution is 7.80. The summed E-state index contributed by atoms with van der Waals surface area (Å²) in [7, 11) is 4.10. The highest BCUT2D eigenvalue weighted by atomic mass is 32.1. The molecule has 3 aromatic carbocycles. The van der Waals surface area contributed by atoms with Gasteiger partial charge in [-0.1, -0.05) is 72.3 Å². The van der Waals surface area contributed by atoms with E-state index in [1.165, 1.54) is 22.4 Å². The smallest absolute Gasteiger partial charge is 0.190 e. The molecule has 4 nitrogen and oxygen atoms in total. The summed E-state index contributed by atoms with van der Waals surface area (Å²) in [4.78, 5) is 2.10. The summed E-state index contributed by atoms with van der Waals surface area (Å²) >= 11 is 5.77. The normalized spacial score (nSPS) is 15.5. The number of rotatable bonds is 5. The third kappa shape index (κ3) is 4.94. The second-order valence-corrected chi connectivity index (χ2v) is 8.49. The molecule has 1 atom stereocenters. The van der Waals surface area contributed by atoms with Crippen LogP contribution in [0.2, 0.25) is 0 Å². The van der Waals surface area contributed by atoms with Gasteiger partial charge in [0.25, 0.3) is 0 Å². The molecule has 0 bridgehead atoms. The molecule has 1 aliphatic heterocycles. The average molecular weight is 429 g/mol. The van der Waals surface area contributed by atoms with Crippen molar-refractivity contribution in [2.45, 2.75) is 25.9 Å². The van der Waals surface area contributed by atoms with Crippen LogP contribution in [0.1, 0.15) is 34.7 Å². The zero-order chi connectivity index (χ0) is 21.8. The number of anilines is 1. The fourth-order valence-corrected chi connectivity index (χ4v) is 3.97. The first-order valence-electron chi connectivity index (χ1n) is 10.5. The molecule has 5 heteroatoms. The second-order valence-electron chi connectivity index (χ2n) is 8.11. The molecule has 0 saturated heterocycles. The van der Waals surface area contributed by atoms with E-state index in [1.807, 2.05) is 37.3 Å². The number of nitrogens with zero attached hydrogens (tertiary/aromatic N) is 3. The largest absolute Gasteiger partial charge is 0.378 e. The molecule has 0 fully saturated rings. The van der Waals surface area contributed by atoms with Crippen molar-refractivity contribution in [1.82, 2.24) is 10.3 Å². The van der Waals surface area contributed by atoms with Gasteiger partial charge >= 0.3 is 0 Å². The van der Waals surface area contributed by atoms with Crippen molar-refractivity contribution in [1.29, 1.82) is 0 Å². The van der Waals surface area contributed by atoms with Gasteiger partial charge in [0.05, 0.1) is 11.8 Å². The number of hydrogen-bond acceptors (Lipinski definition) is 3. The molecule has 0 radical (unpaired) electrons. The Morgan fingerprint density at radius 1 is 1.00 bits per heavy atom. The first-order chi connectivity index (χ1) is 15.0.